The minimum absolute atomic E-state index is 0.0915. The van der Waals surface area contributed by atoms with Crippen LogP contribution in [0.25, 0.3) is 0 Å². The average molecular weight is 299 g/mol. The second kappa shape index (κ2) is 6.24. The zero-order chi connectivity index (χ0) is 13.8. The summed E-state index contributed by atoms with van der Waals surface area (Å²) in [5, 5.41) is 3.89. The van der Waals surface area contributed by atoms with Gasteiger partial charge in [-0.25, -0.2) is 4.39 Å². The van der Waals surface area contributed by atoms with Crippen LogP contribution in [-0.2, 0) is 0 Å². The number of rotatable bonds is 4. The Morgan fingerprint density at radius 2 is 1.79 bits per heavy atom. The zero-order valence-electron chi connectivity index (χ0n) is 10.0. The van der Waals surface area contributed by atoms with E-state index in [0.717, 1.165) is 5.69 Å². The van der Waals surface area contributed by atoms with E-state index in [1.165, 1.54) is 6.07 Å². The summed E-state index contributed by atoms with van der Waals surface area (Å²) in [5.41, 5.74) is 6.97. The Morgan fingerprint density at radius 1 is 1.11 bits per heavy atom. The minimum atomic E-state index is -0.443. The van der Waals surface area contributed by atoms with Gasteiger partial charge in [-0.15, -0.1) is 0 Å². The van der Waals surface area contributed by atoms with Crippen LogP contribution in [0.5, 0.6) is 0 Å². The molecule has 0 fully saturated rings. The summed E-state index contributed by atoms with van der Waals surface area (Å²) in [5.74, 6) is -0.443. The molecule has 1 atom stereocenters. The SMILES string of the molecule is NCC(Nc1ccc(Cl)cc1)c1cccc(Cl)c1F. The van der Waals surface area contributed by atoms with E-state index in [1.807, 2.05) is 12.1 Å². The molecule has 0 saturated heterocycles. The van der Waals surface area contributed by atoms with Gasteiger partial charge in [0.15, 0.2) is 0 Å². The number of halogens is 3. The first-order valence-electron chi connectivity index (χ1n) is 5.78. The molecule has 0 aromatic heterocycles. The molecule has 1 unspecified atom stereocenters. The van der Waals surface area contributed by atoms with Gasteiger partial charge < -0.3 is 11.1 Å². The van der Waals surface area contributed by atoms with E-state index < -0.39 is 5.82 Å². The van der Waals surface area contributed by atoms with Crippen LogP contribution in [0, 0.1) is 5.82 Å². The van der Waals surface area contributed by atoms with E-state index in [0.29, 0.717) is 10.6 Å². The normalized spacial score (nSPS) is 12.2. The lowest BCUT2D eigenvalue weighted by Crippen LogP contribution is -2.21. The number of nitrogens with two attached hydrogens (primary N) is 1. The molecule has 0 heterocycles. The van der Waals surface area contributed by atoms with Crippen LogP contribution in [-0.4, -0.2) is 6.54 Å². The summed E-state index contributed by atoms with van der Waals surface area (Å²) in [6.07, 6.45) is 0. The Bertz CT molecular complexity index is 558. The van der Waals surface area contributed by atoms with Crippen molar-refractivity contribution in [2.45, 2.75) is 6.04 Å². The number of anilines is 1. The zero-order valence-corrected chi connectivity index (χ0v) is 11.5. The van der Waals surface area contributed by atoms with Gasteiger partial charge in [0.2, 0.25) is 0 Å². The molecule has 2 aromatic carbocycles. The minimum Gasteiger partial charge on any atom is -0.377 e. The molecule has 0 bridgehead atoms. The monoisotopic (exact) mass is 298 g/mol. The summed E-state index contributed by atoms with van der Waals surface area (Å²) in [6.45, 7) is 0.250. The van der Waals surface area contributed by atoms with Crippen LogP contribution < -0.4 is 11.1 Å². The van der Waals surface area contributed by atoms with Gasteiger partial charge in [-0.3, -0.25) is 0 Å². The smallest absolute Gasteiger partial charge is 0.147 e. The van der Waals surface area contributed by atoms with Crippen molar-refractivity contribution >= 4 is 28.9 Å². The highest BCUT2D eigenvalue weighted by molar-refractivity contribution is 6.31. The van der Waals surface area contributed by atoms with Crippen molar-refractivity contribution in [2.75, 3.05) is 11.9 Å². The Labute approximate surface area is 121 Å². The van der Waals surface area contributed by atoms with Gasteiger partial charge in [0, 0.05) is 22.8 Å². The van der Waals surface area contributed by atoms with Crippen molar-refractivity contribution in [2.24, 2.45) is 5.73 Å². The highest BCUT2D eigenvalue weighted by atomic mass is 35.5. The van der Waals surface area contributed by atoms with Crippen LogP contribution in [0.4, 0.5) is 10.1 Å². The predicted octanol–water partition coefficient (Wildman–Crippen LogP) is 4.24. The van der Waals surface area contributed by atoms with Gasteiger partial charge in [0.1, 0.15) is 5.82 Å². The highest BCUT2D eigenvalue weighted by Crippen LogP contribution is 2.26. The molecule has 0 saturated carbocycles. The molecule has 2 aromatic rings. The molecule has 2 nitrogen and oxygen atoms in total. The van der Waals surface area contributed by atoms with Crippen LogP contribution in [0.2, 0.25) is 10.0 Å². The lowest BCUT2D eigenvalue weighted by atomic mass is 10.1. The standard InChI is InChI=1S/C14H13Cl2FN2/c15-9-4-6-10(7-5-9)19-13(8-18)11-2-1-3-12(16)14(11)17/h1-7,13,19H,8,18H2. The first kappa shape index (κ1) is 14.1. The lowest BCUT2D eigenvalue weighted by Gasteiger charge is -2.19. The summed E-state index contributed by atoms with van der Waals surface area (Å²) < 4.78 is 14.0. The van der Waals surface area contributed by atoms with Gasteiger partial charge in [-0.1, -0.05) is 35.3 Å². The van der Waals surface area contributed by atoms with Crippen molar-refractivity contribution in [3.8, 4) is 0 Å². The summed E-state index contributed by atoms with van der Waals surface area (Å²) in [6, 6.07) is 11.7. The first-order valence-corrected chi connectivity index (χ1v) is 6.53. The molecule has 5 heteroatoms. The first-order chi connectivity index (χ1) is 9.11. The van der Waals surface area contributed by atoms with E-state index in [9.17, 15) is 4.39 Å². The molecule has 0 spiro atoms. The maximum Gasteiger partial charge on any atom is 0.147 e. The molecular weight excluding hydrogens is 286 g/mol. The van der Waals surface area contributed by atoms with E-state index in [1.54, 1.807) is 24.3 Å². The molecule has 0 aliphatic rings. The van der Waals surface area contributed by atoms with Crippen molar-refractivity contribution in [1.82, 2.24) is 0 Å². The van der Waals surface area contributed by atoms with Crippen molar-refractivity contribution in [1.29, 1.82) is 0 Å². The summed E-state index contributed by atoms with van der Waals surface area (Å²) in [7, 11) is 0. The lowest BCUT2D eigenvalue weighted by molar-refractivity contribution is 0.594. The predicted molar refractivity (Wildman–Crippen MR) is 78.3 cm³/mol. The van der Waals surface area contributed by atoms with Gasteiger partial charge in [-0.2, -0.15) is 0 Å². The van der Waals surface area contributed by atoms with Gasteiger partial charge >= 0.3 is 0 Å². The largest absolute Gasteiger partial charge is 0.377 e. The van der Waals surface area contributed by atoms with Crippen molar-refractivity contribution in [3.63, 3.8) is 0 Å². The number of hydrogen-bond donors (Lipinski definition) is 2. The molecule has 0 radical (unpaired) electrons. The maximum absolute atomic E-state index is 14.0. The fraction of sp³-hybridized carbons (Fsp3) is 0.143. The third kappa shape index (κ3) is 3.38. The van der Waals surface area contributed by atoms with Crippen LogP contribution in [0.3, 0.4) is 0 Å². The Balaban J connectivity index is 2.25. The second-order valence-electron chi connectivity index (χ2n) is 4.08. The topological polar surface area (TPSA) is 38.0 Å². The molecule has 0 amide bonds. The molecule has 100 valence electrons. The Morgan fingerprint density at radius 3 is 2.42 bits per heavy atom. The fourth-order valence-corrected chi connectivity index (χ4v) is 2.11. The Hall–Kier alpha value is -1.29. The van der Waals surface area contributed by atoms with E-state index >= 15 is 0 Å². The number of hydrogen-bond acceptors (Lipinski definition) is 2. The Kier molecular flexibility index (Phi) is 4.64. The third-order valence-corrected chi connectivity index (χ3v) is 3.32. The summed E-state index contributed by atoms with van der Waals surface area (Å²) in [4.78, 5) is 0. The van der Waals surface area contributed by atoms with Crippen molar-refractivity contribution < 1.29 is 4.39 Å². The molecule has 0 aliphatic carbocycles. The third-order valence-electron chi connectivity index (χ3n) is 2.78. The van der Waals surface area contributed by atoms with Crippen molar-refractivity contribution in [3.05, 3.63) is 63.9 Å². The molecule has 0 aliphatic heterocycles. The molecule has 19 heavy (non-hydrogen) atoms. The van der Waals surface area contributed by atoms with Crippen LogP contribution >= 0.6 is 23.2 Å². The molecule has 2 rings (SSSR count). The molecular formula is C14H13Cl2FN2. The van der Waals surface area contributed by atoms with Crippen LogP contribution in [0.1, 0.15) is 11.6 Å². The van der Waals surface area contributed by atoms with Gasteiger partial charge in [-0.05, 0) is 30.3 Å². The molecule has 3 N–H and O–H groups in total. The second-order valence-corrected chi connectivity index (χ2v) is 4.93. The maximum atomic E-state index is 14.0. The van der Waals surface area contributed by atoms with Gasteiger partial charge in [0.05, 0.1) is 11.1 Å². The fourth-order valence-electron chi connectivity index (χ4n) is 1.80. The van der Waals surface area contributed by atoms with E-state index in [-0.39, 0.29) is 17.6 Å². The van der Waals surface area contributed by atoms with E-state index in [4.69, 9.17) is 28.9 Å². The highest BCUT2D eigenvalue weighted by Gasteiger charge is 2.16. The summed E-state index contributed by atoms with van der Waals surface area (Å²) >= 11 is 11.6. The van der Waals surface area contributed by atoms with Gasteiger partial charge in [0.25, 0.3) is 0 Å². The average Bonchev–Trinajstić information content (AvgIpc) is 2.42. The van der Waals surface area contributed by atoms with E-state index in [2.05, 4.69) is 5.32 Å². The number of nitrogens with one attached hydrogen (secondary N) is 1. The quantitative estimate of drug-likeness (QED) is 0.886. The number of benzene rings is 2. The van der Waals surface area contributed by atoms with Crippen LogP contribution in [0.15, 0.2) is 42.5 Å².